The first kappa shape index (κ1) is 21.1. The van der Waals surface area contributed by atoms with Gasteiger partial charge >= 0.3 is 0 Å². The van der Waals surface area contributed by atoms with Crippen LogP contribution in [0.15, 0.2) is 42.5 Å². The molecule has 0 aromatic heterocycles. The fraction of sp³-hybridized carbons (Fsp3) is 0.435. The molecule has 30 heavy (non-hydrogen) atoms. The summed E-state index contributed by atoms with van der Waals surface area (Å²) in [4.78, 5) is 13.6. The van der Waals surface area contributed by atoms with Gasteiger partial charge in [-0.2, -0.15) is 0 Å². The third-order valence-corrected chi connectivity index (χ3v) is 6.06. The summed E-state index contributed by atoms with van der Waals surface area (Å²) in [6, 6.07) is 13.5. The lowest BCUT2D eigenvalue weighted by atomic mass is 9.84. The molecule has 2 aliphatic rings. The van der Waals surface area contributed by atoms with Crippen LogP contribution in [-0.4, -0.2) is 48.3 Å². The molecule has 2 aromatic rings. The third-order valence-electron chi connectivity index (χ3n) is 5.83. The zero-order chi connectivity index (χ0) is 21.1. The average molecular weight is 431 g/mol. The number of anilines is 1. The van der Waals surface area contributed by atoms with E-state index < -0.39 is 6.10 Å². The second-order valence-electron chi connectivity index (χ2n) is 8.03. The van der Waals surface area contributed by atoms with Gasteiger partial charge < -0.3 is 24.8 Å². The minimum atomic E-state index is -0.642. The van der Waals surface area contributed by atoms with E-state index in [0.717, 1.165) is 25.9 Å². The number of carbonyl (C=O) groups is 1. The number of piperidine rings is 1. The molecule has 2 N–H and O–H groups in total. The van der Waals surface area contributed by atoms with E-state index in [4.69, 9.17) is 21.1 Å². The Bertz CT molecular complexity index is 912. The molecule has 4 rings (SSSR count). The molecule has 1 amide bonds. The van der Waals surface area contributed by atoms with Crippen LogP contribution in [0, 0.1) is 0 Å². The average Bonchev–Trinajstić information content (AvgIpc) is 3.07. The zero-order valence-electron chi connectivity index (χ0n) is 17.1. The Hall–Kier alpha value is -2.12. The number of likely N-dealkylation sites (tertiary alicyclic amines) is 1. The summed E-state index contributed by atoms with van der Waals surface area (Å²) in [5.41, 5.74) is 2.93. The SMILES string of the molecule is CC(=O)Nc1cc(Cl)ccc1OC[C@@H](O)CN1CCC2(CC1)OCc1ccccc12. The van der Waals surface area contributed by atoms with Gasteiger partial charge in [0.2, 0.25) is 5.91 Å². The molecule has 0 bridgehead atoms. The maximum atomic E-state index is 11.4. The summed E-state index contributed by atoms with van der Waals surface area (Å²) in [6.45, 7) is 4.50. The molecule has 1 fully saturated rings. The van der Waals surface area contributed by atoms with Crippen molar-refractivity contribution in [3.8, 4) is 5.75 Å². The number of aliphatic hydroxyl groups excluding tert-OH is 1. The van der Waals surface area contributed by atoms with Gasteiger partial charge in [-0.1, -0.05) is 35.9 Å². The van der Waals surface area contributed by atoms with Crippen LogP contribution >= 0.6 is 11.6 Å². The monoisotopic (exact) mass is 430 g/mol. The van der Waals surface area contributed by atoms with Crippen LogP contribution < -0.4 is 10.1 Å². The fourth-order valence-electron chi connectivity index (χ4n) is 4.35. The minimum absolute atomic E-state index is 0.134. The number of aliphatic hydroxyl groups is 1. The highest BCUT2D eigenvalue weighted by Crippen LogP contribution is 2.43. The van der Waals surface area contributed by atoms with E-state index in [1.54, 1.807) is 18.2 Å². The Morgan fingerprint density at radius 2 is 2.07 bits per heavy atom. The van der Waals surface area contributed by atoms with E-state index in [0.29, 0.717) is 29.6 Å². The Kier molecular flexibility index (Phi) is 6.29. The third kappa shape index (κ3) is 4.62. The Morgan fingerprint density at radius 1 is 1.30 bits per heavy atom. The van der Waals surface area contributed by atoms with Crippen molar-refractivity contribution in [2.24, 2.45) is 0 Å². The number of nitrogens with one attached hydrogen (secondary N) is 1. The molecule has 160 valence electrons. The van der Waals surface area contributed by atoms with Crippen LogP contribution in [0.3, 0.4) is 0 Å². The van der Waals surface area contributed by atoms with E-state index in [9.17, 15) is 9.90 Å². The molecular weight excluding hydrogens is 404 g/mol. The van der Waals surface area contributed by atoms with Gasteiger partial charge in [0.05, 0.1) is 17.9 Å². The van der Waals surface area contributed by atoms with Gasteiger partial charge in [0, 0.05) is 31.6 Å². The van der Waals surface area contributed by atoms with Crippen molar-refractivity contribution < 1.29 is 19.4 Å². The molecule has 2 aliphatic heterocycles. The number of rotatable bonds is 6. The highest BCUT2D eigenvalue weighted by molar-refractivity contribution is 6.31. The number of fused-ring (bicyclic) bond motifs is 2. The highest BCUT2D eigenvalue weighted by atomic mass is 35.5. The number of nitrogens with zero attached hydrogens (tertiary/aromatic N) is 1. The molecule has 1 atom stereocenters. The minimum Gasteiger partial charge on any atom is -0.489 e. The van der Waals surface area contributed by atoms with Crippen LogP contribution in [0.2, 0.25) is 5.02 Å². The van der Waals surface area contributed by atoms with Crippen molar-refractivity contribution in [3.63, 3.8) is 0 Å². The Balaban J connectivity index is 1.29. The predicted octanol–water partition coefficient (Wildman–Crippen LogP) is 3.56. The molecule has 1 spiro atoms. The predicted molar refractivity (Wildman–Crippen MR) is 116 cm³/mol. The standard InChI is InChI=1S/C23H27ClN2O4/c1-16(27)25-21-12-18(24)6-7-22(21)29-15-19(28)13-26-10-8-23(9-11-26)20-5-3-2-4-17(20)14-30-23/h2-7,12,19,28H,8-11,13-15H2,1H3,(H,25,27)/t19-/m0/s1. The largest absolute Gasteiger partial charge is 0.489 e. The molecule has 0 saturated carbocycles. The summed E-state index contributed by atoms with van der Waals surface area (Å²) >= 11 is 6.00. The second kappa shape index (κ2) is 8.94. The highest BCUT2D eigenvalue weighted by Gasteiger charge is 2.42. The molecular formula is C23H27ClN2O4. The van der Waals surface area contributed by atoms with Gasteiger partial charge in [-0.3, -0.25) is 4.79 Å². The van der Waals surface area contributed by atoms with Gasteiger partial charge in [-0.15, -0.1) is 0 Å². The van der Waals surface area contributed by atoms with E-state index in [2.05, 4.69) is 34.5 Å². The quantitative estimate of drug-likeness (QED) is 0.733. The van der Waals surface area contributed by atoms with Crippen LogP contribution in [0.1, 0.15) is 30.9 Å². The number of hydrogen-bond acceptors (Lipinski definition) is 5. The topological polar surface area (TPSA) is 71.0 Å². The van der Waals surface area contributed by atoms with Gasteiger partial charge in [0.25, 0.3) is 0 Å². The Morgan fingerprint density at radius 3 is 2.83 bits per heavy atom. The van der Waals surface area contributed by atoms with Crippen molar-refractivity contribution in [1.82, 2.24) is 4.90 Å². The van der Waals surface area contributed by atoms with Gasteiger partial charge in [-0.25, -0.2) is 0 Å². The molecule has 2 heterocycles. The van der Waals surface area contributed by atoms with E-state index in [1.165, 1.54) is 18.1 Å². The van der Waals surface area contributed by atoms with Crippen molar-refractivity contribution in [1.29, 1.82) is 0 Å². The summed E-state index contributed by atoms with van der Waals surface area (Å²) in [5.74, 6) is 0.280. The number of benzene rings is 2. The number of halogens is 1. The maximum Gasteiger partial charge on any atom is 0.221 e. The molecule has 0 radical (unpaired) electrons. The van der Waals surface area contributed by atoms with E-state index in [1.807, 2.05) is 0 Å². The first-order valence-electron chi connectivity index (χ1n) is 10.3. The van der Waals surface area contributed by atoms with E-state index in [-0.39, 0.29) is 18.1 Å². The maximum absolute atomic E-state index is 11.4. The summed E-state index contributed by atoms with van der Waals surface area (Å²) < 4.78 is 12.0. The van der Waals surface area contributed by atoms with Gasteiger partial charge in [0.1, 0.15) is 18.5 Å². The normalized spacial score (nSPS) is 18.8. The van der Waals surface area contributed by atoms with Crippen LogP contribution in [0.25, 0.3) is 0 Å². The molecule has 0 unspecified atom stereocenters. The molecule has 6 nitrogen and oxygen atoms in total. The van der Waals surface area contributed by atoms with Crippen molar-refractivity contribution in [2.75, 3.05) is 31.6 Å². The van der Waals surface area contributed by atoms with Crippen LogP contribution in [0.4, 0.5) is 5.69 Å². The van der Waals surface area contributed by atoms with Crippen LogP contribution in [-0.2, 0) is 21.7 Å². The molecule has 1 saturated heterocycles. The van der Waals surface area contributed by atoms with Crippen molar-refractivity contribution in [3.05, 3.63) is 58.6 Å². The lowest BCUT2D eigenvalue weighted by Crippen LogP contribution is -2.46. The lowest BCUT2D eigenvalue weighted by Gasteiger charge is -2.39. The lowest BCUT2D eigenvalue weighted by molar-refractivity contribution is -0.114. The first-order valence-corrected chi connectivity index (χ1v) is 10.7. The second-order valence-corrected chi connectivity index (χ2v) is 8.46. The summed E-state index contributed by atoms with van der Waals surface area (Å²) in [6.07, 6.45) is 1.19. The van der Waals surface area contributed by atoms with Crippen molar-refractivity contribution in [2.45, 2.75) is 38.1 Å². The zero-order valence-corrected chi connectivity index (χ0v) is 17.8. The fourth-order valence-corrected chi connectivity index (χ4v) is 4.52. The number of ether oxygens (including phenoxy) is 2. The van der Waals surface area contributed by atoms with Gasteiger partial charge in [-0.05, 0) is 42.2 Å². The number of hydrogen-bond donors (Lipinski definition) is 2. The summed E-state index contributed by atoms with van der Waals surface area (Å²) in [5, 5.41) is 13.7. The van der Waals surface area contributed by atoms with Gasteiger partial charge in [0.15, 0.2) is 0 Å². The molecule has 7 heteroatoms. The Labute approximate surface area is 181 Å². The van der Waals surface area contributed by atoms with E-state index >= 15 is 0 Å². The smallest absolute Gasteiger partial charge is 0.221 e. The first-order chi connectivity index (χ1) is 14.4. The number of amides is 1. The summed E-state index contributed by atoms with van der Waals surface area (Å²) in [7, 11) is 0. The molecule has 0 aliphatic carbocycles. The number of carbonyl (C=O) groups excluding carboxylic acids is 1. The molecule has 2 aromatic carbocycles. The van der Waals surface area contributed by atoms with Crippen LogP contribution in [0.5, 0.6) is 5.75 Å². The number of β-amino-alcohol motifs (C(OH)–C–C–N with tert-alkyl or cyclic N) is 1. The van der Waals surface area contributed by atoms with Crippen molar-refractivity contribution >= 4 is 23.2 Å².